The molecule has 0 radical (unpaired) electrons. The molecule has 0 saturated carbocycles. The van der Waals surface area contributed by atoms with Crippen LogP contribution in [0.3, 0.4) is 0 Å². The summed E-state index contributed by atoms with van der Waals surface area (Å²) in [4.78, 5) is 4.13. The van der Waals surface area contributed by atoms with Gasteiger partial charge in [0, 0.05) is 35.6 Å². The summed E-state index contributed by atoms with van der Waals surface area (Å²) in [7, 11) is 0. The van der Waals surface area contributed by atoms with Gasteiger partial charge in [0.1, 0.15) is 11.2 Å². The fraction of sp³-hybridized carbons (Fsp3) is 0.100. The smallest absolute Gasteiger partial charge is 0.326 e. The number of hydrogen-bond donors (Lipinski definition) is 2. The molecular formula is C20H16BrClN7+. The van der Waals surface area contributed by atoms with Gasteiger partial charge in [0.25, 0.3) is 0 Å². The van der Waals surface area contributed by atoms with Crippen LogP contribution in [0.4, 0.5) is 5.95 Å². The Morgan fingerprint density at radius 1 is 1.24 bits per heavy atom. The SMILES string of the molecule is N#C[n+]1c(-c2ccccc2Cl)c(CN)c2c(Br)cnn2c1NCc1cccnc1. The molecule has 0 amide bonds. The number of halogens is 2. The van der Waals surface area contributed by atoms with E-state index in [2.05, 4.69) is 37.5 Å². The van der Waals surface area contributed by atoms with Gasteiger partial charge in [-0.25, -0.2) is 0 Å². The second-order valence-electron chi connectivity index (χ2n) is 6.24. The van der Waals surface area contributed by atoms with Crippen molar-refractivity contribution in [2.45, 2.75) is 13.1 Å². The van der Waals surface area contributed by atoms with Crippen molar-refractivity contribution >= 4 is 39.0 Å². The molecule has 3 N–H and O–H groups in total. The number of nitrogens with one attached hydrogen (secondary N) is 1. The summed E-state index contributed by atoms with van der Waals surface area (Å²) in [6.45, 7) is 0.672. The molecule has 29 heavy (non-hydrogen) atoms. The van der Waals surface area contributed by atoms with E-state index in [9.17, 15) is 5.26 Å². The largest absolute Gasteiger partial charge is 0.354 e. The summed E-state index contributed by atoms with van der Waals surface area (Å²) >= 11 is 10.0. The van der Waals surface area contributed by atoms with E-state index >= 15 is 0 Å². The van der Waals surface area contributed by atoms with E-state index in [1.807, 2.05) is 30.3 Å². The highest BCUT2D eigenvalue weighted by Gasteiger charge is 2.28. The highest BCUT2D eigenvalue weighted by Crippen LogP contribution is 2.33. The maximum absolute atomic E-state index is 10.1. The Bertz CT molecular complexity index is 1230. The van der Waals surface area contributed by atoms with Crippen LogP contribution in [-0.4, -0.2) is 14.6 Å². The van der Waals surface area contributed by atoms with Crippen LogP contribution >= 0.6 is 27.5 Å². The summed E-state index contributed by atoms with van der Waals surface area (Å²) < 4.78 is 3.93. The Morgan fingerprint density at radius 3 is 2.76 bits per heavy atom. The molecule has 0 spiro atoms. The standard InChI is InChI=1S/C20H15BrClN7/c21-16-11-27-29-19(16)15(8-23)18(14-5-1-2-6-17(14)22)28(12-24)20(29)26-10-13-4-3-7-25-9-13/h1-7,9,11H,8,10,23H2/p+1. The van der Waals surface area contributed by atoms with Crippen LogP contribution in [0.15, 0.2) is 59.5 Å². The van der Waals surface area contributed by atoms with Gasteiger partial charge in [-0.2, -0.15) is 0 Å². The molecule has 0 bridgehead atoms. The minimum Gasteiger partial charge on any atom is -0.326 e. The number of fused-ring (bicyclic) bond motifs is 1. The van der Waals surface area contributed by atoms with Gasteiger partial charge in [-0.05, 0) is 33.3 Å². The summed E-state index contributed by atoms with van der Waals surface area (Å²) in [5.41, 5.74) is 9.97. The molecule has 0 aliphatic rings. The van der Waals surface area contributed by atoms with Crippen LogP contribution in [0, 0.1) is 11.5 Å². The number of nitriles is 1. The van der Waals surface area contributed by atoms with E-state index < -0.39 is 0 Å². The van der Waals surface area contributed by atoms with Gasteiger partial charge >= 0.3 is 12.1 Å². The topological polar surface area (TPSA) is 95.9 Å². The molecule has 4 rings (SSSR count). The highest BCUT2D eigenvalue weighted by atomic mass is 79.9. The van der Waals surface area contributed by atoms with Gasteiger partial charge < -0.3 is 5.73 Å². The minimum absolute atomic E-state index is 0.207. The van der Waals surface area contributed by atoms with E-state index in [1.165, 1.54) is 4.57 Å². The summed E-state index contributed by atoms with van der Waals surface area (Å²) in [5, 5.41) is 18.3. The molecule has 3 heterocycles. The van der Waals surface area contributed by atoms with E-state index in [1.54, 1.807) is 29.2 Å². The Hall–Kier alpha value is -2.99. The van der Waals surface area contributed by atoms with Crippen LogP contribution in [0.5, 0.6) is 0 Å². The Labute approximate surface area is 180 Å². The maximum Gasteiger partial charge on any atom is 0.354 e. The van der Waals surface area contributed by atoms with Crippen LogP contribution in [-0.2, 0) is 13.1 Å². The molecule has 0 aliphatic heterocycles. The molecule has 0 unspecified atom stereocenters. The lowest BCUT2D eigenvalue weighted by atomic mass is 10.0. The van der Waals surface area contributed by atoms with Gasteiger partial charge in [-0.3, -0.25) is 10.3 Å². The molecule has 4 aromatic rings. The lowest BCUT2D eigenvalue weighted by molar-refractivity contribution is -0.563. The molecule has 0 aliphatic carbocycles. The number of pyridine rings is 1. The van der Waals surface area contributed by atoms with Gasteiger partial charge in [0.2, 0.25) is 0 Å². The number of aromatic nitrogens is 4. The van der Waals surface area contributed by atoms with Crippen molar-refractivity contribution in [1.29, 1.82) is 5.26 Å². The van der Waals surface area contributed by atoms with Gasteiger partial charge in [-0.15, -0.1) is 14.2 Å². The lowest BCUT2D eigenvalue weighted by Gasteiger charge is -2.15. The second-order valence-corrected chi connectivity index (χ2v) is 7.50. The number of rotatable bonds is 5. The van der Waals surface area contributed by atoms with Gasteiger partial charge in [0.05, 0.1) is 22.2 Å². The van der Waals surface area contributed by atoms with Crippen molar-refractivity contribution in [2.24, 2.45) is 5.73 Å². The fourth-order valence-electron chi connectivity index (χ4n) is 3.27. The van der Waals surface area contributed by atoms with Crippen molar-refractivity contribution in [3.8, 4) is 17.5 Å². The number of anilines is 1. The predicted octanol–water partition coefficient (Wildman–Crippen LogP) is 3.50. The Kier molecular flexibility index (Phi) is 5.45. The van der Waals surface area contributed by atoms with Crippen LogP contribution in [0.1, 0.15) is 11.1 Å². The maximum atomic E-state index is 10.1. The number of nitrogens with zero attached hydrogens (tertiary/aromatic N) is 5. The van der Waals surface area contributed by atoms with E-state index in [4.69, 9.17) is 17.3 Å². The first-order chi connectivity index (χ1) is 14.2. The molecule has 1 aromatic carbocycles. The van der Waals surface area contributed by atoms with Crippen molar-refractivity contribution in [1.82, 2.24) is 14.6 Å². The van der Waals surface area contributed by atoms with Gasteiger partial charge in [-0.1, -0.05) is 35.9 Å². The number of hydrogen-bond acceptors (Lipinski definition) is 5. The molecule has 7 nitrogen and oxygen atoms in total. The zero-order valence-electron chi connectivity index (χ0n) is 15.2. The Morgan fingerprint density at radius 2 is 2.07 bits per heavy atom. The first-order valence-corrected chi connectivity index (χ1v) is 9.94. The molecule has 144 valence electrons. The quantitative estimate of drug-likeness (QED) is 0.436. The third-order valence-electron chi connectivity index (χ3n) is 4.54. The van der Waals surface area contributed by atoms with Crippen LogP contribution in [0.25, 0.3) is 16.8 Å². The van der Waals surface area contributed by atoms with Crippen molar-refractivity contribution in [3.63, 3.8) is 0 Å². The molecule has 0 fully saturated rings. The van der Waals surface area contributed by atoms with Crippen LogP contribution in [0.2, 0.25) is 5.02 Å². The first-order valence-electron chi connectivity index (χ1n) is 8.77. The first kappa shape index (κ1) is 19.3. The normalized spacial score (nSPS) is 10.8. The predicted molar refractivity (Wildman–Crippen MR) is 114 cm³/mol. The van der Waals surface area contributed by atoms with Crippen molar-refractivity contribution < 1.29 is 4.57 Å². The number of benzene rings is 1. The fourth-order valence-corrected chi connectivity index (χ4v) is 4.00. The molecule has 3 aromatic heterocycles. The van der Waals surface area contributed by atoms with Crippen molar-refractivity contribution in [3.05, 3.63) is 75.6 Å². The third kappa shape index (κ3) is 3.44. The summed E-state index contributed by atoms with van der Waals surface area (Å²) in [5.74, 6) is 0.490. The van der Waals surface area contributed by atoms with Gasteiger partial charge in [0.15, 0.2) is 0 Å². The average molecular weight is 470 g/mol. The molecular weight excluding hydrogens is 454 g/mol. The minimum atomic E-state index is 0.207. The van der Waals surface area contributed by atoms with Crippen LogP contribution < -0.4 is 15.6 Å². The third-order valence-corrected chi connectivity index (χ3v) is 5.45. The molecule has 0 atom stereocenters. The molecule has 0 saturated heterocycles. The zero-order valence-corrected chi connectivity index (χ0v) is 17.5. The number of nitrogens with two attached hydrogens (primary N) is 1. The summed E-state index contributed by atoms with van der Waals surface area (Å²) in [6, 6.07) is 11.2. The highest BCUT2D eigenvalue weighted by molar-refractivity contribution is 9.10. The zero-order chi connectivity index (χ0) is 20.4. The van der Waals surface area contributed by atoms with Crippen molar-refractivity contribution in [2.75, 3.05) is 5.32 Å². The van der Waals surface area contributed by atoms with E-state index in [0.717, 1.165) is 26.7 Å². The molecule has 9 heteroatoms. The monoisotopic (exact) mass is 468 g/mol. The average Bonchev–Trinajstić information content (AvgIpc) is 3.13. The van der Waals surface area contributed by atoms with E-state index in [0.29, 0.717) is 23.2 Å². The Balaban J connectivity index is 2.00. The second kappa shape index (κ2) is 8.17. The van der Waals surface area contributed by atoms with E-state index in [-0.39, 0.29) is 6.54 Å². The summed E-state index contributed by atoms with van der Waals surface area (Å²) in [6.07, 6.45) is 7.42. The lowest BCUT2D eigenvalue weighted by Crippen LogP contribution is -2.39.